The molecule has 0 radical (unpaired) electrons. The van der Waals surface area contributed by atoms with Gasteiger partial charge in [0.05, 0.1) is 7.11 Å². The van der Waals surface area contributed by atoms with Gasteiger partial charge in [-0.25, -0.2) is 0 Å². The molecule has 112 valence electrons. The molecule has 2 nitrogen and oxygen atoms in total. The van der Waals surface area contributed by atoms with Crippen LogP contribution in [0, 0.1) is 5.92 Å². The van der Waals surface area contributed by atoms with Crippen molar-refractivity contribution in [3.63, 3.8) is 0 Å². The third-order valence-corrected chi connectivity index (χ3v) is 3.33. The molecule has 0 aliphatic carbocycles. The zero-order valence-corrected chi connectivity index (χ0v) is 13.4. The topological polar surface area (TPSA) is 21.3 Å². The Hall–Kier alpha value is -1.28. The maximum Gasteiger partial charge on any atom is 0.118 e. The third-order valence-electron chi connectivity index (χ3n) is 3.33. The number of hydrogen-bond acceptors (Lipinski definition) is 2. The van der Waals surface area contributed by atoms with Crippen LogP contribution < -0.4 is 10.1 Å². The summed E-state index contributed by atoms with van der Waals surface area (Å²) in [5.41, 5.74) is 2.85. The number of aryl methyl sites for hydroxylation is 1. The molecule has 0 fully saturated rings. The van der Waals surface area contributed by atoms with E-state index in [9.17, 15) is 0 Å². The van der Waals surface area contributed by atoms with Gasteiger partial charge in [-0.1, -0.05) is 37.6 Å². The van der Waals surface area contributed by atoms with Gasteiger partial charge in [-0.15, -0.1) is 0 Å². The Bertz CT molecular complexity index is 392. The maximum atomic E-state index is 5.17. The van der Waals surface area contributed by atoms with Crippen LogP contribution in [0.1, 0.15) is 39.2 Å². The fraction of sp³-hybridized carbons (Fsp3) is 0.556. The molecule has 0 spiro atoms. The molecule has 0 aromatic heterocycles. The highest BCUT2D eigenvalue weighted by atomic mass is 16.5. The summed E-state index contributed by atoms with van der Waals surface area (Å²) in [6.07, 6.45) is 5.72. The predicted octanol–water partition coefficient (Wildman–Crippen LogP) is 4.21. The van der Waals surface area contributed by atoms with Crippen LogP contribution in [0.4, 0.5) is 0 Å². The second kappa shape index (κ2) is 9.60. The van der Waals surface area contributed by atoms with E-state index in [2.05, 4.69) is 44.3 Å². The summed E-state index contributed by atoms with van der Waals surface area (Å²) in [7, 11) is 1.70. The minimum absolute atomic E-state index is 0.732. The lowest BCUT2D eigenvalue weighted by Crippen LogP contribution is -2.20. The average molecular weight is 275 g/mol. The van der Waals surface area contributed by atoms with Gasteiger partial charge in [0, 0.05) is 0 Å². The van der Waals surface area contributed by atoms with Crippen LogP contribution in [0.2, 0.25) is 0 Å². The Balaban J connectivity index is 2.22. The molecule has 0 heterocycles. The van der Waals surface area contributed by atoms with Crippen LogP contribution in [0.3, 0.4) is 0 Å². The lowest BCUT2D eigenvalue weighted by atomic mass is 10.0. The third kappa shape index (κ3) is 7.34. The van der Waals surface area contributed by atoms with Gasteiger partial charge in [0.1, 0.15) is 5.75 Å². The van der Waals surface area contributed by atoms with E-state index in [4.69, 9.17) is 4.74 Å². The van der Waals surface area contributed by atoms with E-state index < -0.39 is 0 Å². The van der Waals surface area contributed by atoms with Crippen LogP contribution >= 0.6 is 0 Å². The van der Waals surface area contributed by atoms with E-state index in [0.29, 0.717) is 0 Å². The van der Waals surface area contributed by atoms with E-state index in [-0.39, 0.29) is 0 Å². The molecule has 0 saturated heterocycles. The highest BCUT2D eigenvalue weighted by Gasteiger charge is 1.96. The van der Waals surface area contributed by atoms with Crippen molar-refractivity contribution in [1.29, 1.82) is 0 Å². The summed E-state index contributed by atoms with van der Waals surface area (Å²) in [5.74, 6) is 1.66. The average Bonchev–Trinajstić information content (AvgIpc) is 2.45. The smallest absolute Gasteiger partial charge is 0.118 e. The van der Waals surface area contributed by atoms with Gasteiger partial charge in [-0.3, -0.25) is 0 Å². The lowest BCUT2D eigenvalue weighted by molar-refractivity contribution is 0.414. The molecule has 0 atom stereocenters. The van der Waals surface area contributed by atoms with E-state index in [0.717, 1.165) is 44.0 Å². The van der Waals surface area contributed by atoms with Crippen molar-refractivity contribution < 1.29 is 4.74 Å². The van der Waals surface area contributed by atoms with E-state index in [1.807, 2.05) is 12.1 Å². The molecule has 0 aliphatic rings. The molecule has 0 bridgehead atoms. The van der Waals surface area contributed by atoms with Crippen LogP contribution in [0.15, 0.2) is 35.9 Å². The predicted molar refractivity (Wildman–Crippen MR) is 87.4 cm³/mol. The van der Waals surface area contributed by atoms with Gasteiger partial charge < -0.3 is 10.1 Å². The van der Waals surface area contributed by atoms with Gasteiger partial charge >= 0.3 is 0 Å². The molecular formula is C18H29NO. The fourth-order valence-electron chi connectivity index (χ4n) is 2.05. The Labute approximate surface area is 124 Å². The Kier molecular flexibility index (Phi) is 8.05. The number of nitrogens with one attached hydrogen (secondary N) is 1. The van der Waals surface area contributed by atoms with Crippen molar-refractivity contribution in [2.24, 2.45) is 5.92 Å². The second-order valence-electron chi connectivity index (χ2n) is 5.79. The number of ether oxygens (including phenoxy) is 1. The van der Waals surface area contributed by atoms with Crippen LogP contribution in [0.25, 0.3) is 0 Å². The molecule has 0 saturated carbocycles. The van der Waals surface area contributed by atoms with Crippen molar-refractivity contribution >= 4 is 0 Å². The molecule has 1 rings (SSSR count). The summed E-state index contributed by atoms with van der Waals surface area (Å²) in [4.78, 5) is 0. The van der Waals surface area contributed by atoms with Crippen LogP contribution in [0.5, 0.6) is 5.75 Å². The van der Waals surface area contributed by atoms with Gasteiger partial charge in [0.25, 0.3) is 0 Å². The molecule has 0 unspecified atom stereocenters. The van der Waals surface area contributed by atoms with Crippen molar-refractivity contribution in [2.45, 2.75) is 40.0 Å². The first-order valence-electron chi connectivity index (χ1n) is 7.61. The fourth-order valence-corrected chi connectivity index (χ4v) is 2.05. The van der Waals surface area contributed by atoms with Crippen molar-refractivity contribution in [3.8, 4) is 5.75 Å². The van der Waals surface area contributed by atoms with Crippen molar-refractivity contribution in [3.05, 3.63) is 41.5 Å². The minimum atomic E-state index is 0.732. The zero-order valence-electron chi connectivity index (χ0n) is 13.4. The zero-order chi connectivity index (χ0) is 14.8. The van der Waals surface area contributed by atoms with E-state index >= 15 is 0 Å². The first-order valence-corrected chi connectivity index (χ1v) is 7.61. The maximum absolute atomic E-state index is 5.17. The molecule has 2 heteroatoms. The molecule has 0 amide bonds. The van der Waals surface area contributed by atoms with Gasteiger partial charge in [-0.05, 0) is 62.9 Å². The van der Waals surface area contributed by atoms with Gasteiger partial charge in [0.15, 0.2) is 0 Å². The summed E-state index contributed by atoms with van der Waals surface area (Å²) >= 11 is 0. The Morgan fingerprint density at radius 1 is 1.25 bits per heavy atom. The van der Waals surface area contributed by atoms with Crippen molar-refractivity contribution in [1.82, 2.24) is 5.32 Å². The van der Waals surface area contributed by atoms with Crippen LogP contribution in [-0.4, -0.2) is 20.2 Å². The summed E-state index contributed by atoms with van der Waals surface area (Å²) in [5, 5.41) is 3.47. The van der Waals surface area contributed by atoms with E-state index in [1.54, 1.807) is 7.11 Å². The SMILES string of the molecule is COc1ccc(CCC(C)=CCCNCC(C)C)cc1. The Morgan fingerprint density at radius 3 is 2.55 bits per heavy atom. The summed E-state index contributed by atoms with van der Waals surface area (Å²) in [6.45, 7) is 8.90. The Morgan fingerprint density at radius 2 is 1.95 bits per heavy atom. The number of benzene rings is 1. The largest absolute Gasteiger partial charge is 0.497 e. The van der Waals surface area contributed by atoms with Crippen LogP contribution in [-0.2, 0) is 6.42 Å². The minimum Gasteiger partial charge on any atom is -0.497 e. The number of rotatable bonds is 9. The first kappa shape index (κ1) is 16.8. The highest BCUT2D eigenvalue weighted by molar-refractivity contribution is 5.27. The second-order valence-corrected chi connectivity index (χ2v) is 5.79. The van der Waals surface area contributed by atoms with E-state index in [1.165, 1.54) is 11.1 Å². The lowest BCUT2D eigenvalue weighted by Gasteiger charge is -2.06. The molecule has 1 N–H and O–H groups in total. The summed E-state index contributed by atoms with van der Waals surface area (Å²) in [6, 6.07) is 8.36. The van der Waals surface area contributed by atoms with Gasteiger partial charge in [0.2, 0.25) is 0 Å². The molecule has 0 aliphatic heterocycles. The highest BCUT2D eigenvalue weighted by Crippen LogP contribution is 2.14. The van der Waals surface area contributed by atoms with Crippen molar-refractivity contribution in [2.75, 3.05) is 20.2 Å². The molecule has 20 heavy (non-hydrogen) atoms. The monoisotopic (exact) mass is 275 g/mol. The number of methoxy groups -OCH3 is 1. The standard InChI is InChI=1S/C18H29NO/c1-15(2)14-19-13-5-6-16(3)7-8-17-9-11-18(20-4)12-10-17/h6,9-12,15,19H,5,7-8,13-14H2,1-4H3. The number of allylic oxidation sites excluding steroid dienone is 1. The normalized spacial score (nSPS) is 11.9. The molecule has 1 aromatic carbocycles. The quantitative estimate of drug-likeness (QED) is 0.538. The van der Waals surface area contributed by atoms with Gasteiger partial charge in [-0.2, -0.15) is 0 Å². The first-order chi connectivity index (χ1) is 9.61. The number of hydrogen-bond donors (Lipinski definition) is 1. The molecular weight excluding hydrogens is 246 g/mol. The molecule has 1 aromatic rings. The summed E-state index contributed by atoms with van der Waals surface area (Å²) < 4.78 is 5.17.